The minimum absolute atomic E-state index is 0.00449. The molecule has 1 N–H and O–H groups in total. The van der Waals surface area contributed by atoms with Crippen LogP contribution in [0.2, 0.25) is 5.02 Å². The number of para-hydroxylation sites is 1. The fourth-order valence-corrected chi connectivity index (χ4v) is 8.18. The van der Waals surface area contributed by atoms with E-state index < -0.39 is 20.0 Å². The predicted molar refractivity (Wildman–Crippen MR) is 143 cm³/mol. The van der Waals surface area contributed by atoms with Crippen LogP contribution in [-0.4, -0.2) is 57.4 Å². The van der Waals surface area contributed by atoms with E-state index in [9.17, 15) is 16.8 Å². The third-order valence-electron chi connectivity index (χ3n) is 6.27. The molecule has 1 unspecified atom stereocenters. The Kier molecular flexibility index (Phi) is 7.28. The molecule has 0 radical (unpaired) electrons. The summed E-state index contributed by atoms with van der Waals surface area (Å²) in [4.78, 5) is -0.00449. The first-order valence-corrected chi connectivity index (χ1v) is 15.1. The summed E-state index contributed by atoms with van der Waals surface area (Å²) >= 11 is 6.15. The first-order chi connectivity index (χ1) is 17.8. The number of sulfonamides is 1. The summed E-state index contributed by atoms with van der Waals surface area (Å²) in [5, 5.41) is 3.83. The van der Waals surface area contributed by atoms with E-state index in [0.29, 0.717) is 30.0 Å². The molecular weight excluding hydrogens is 534 g/mol. The van der Waals surface area contributed by atoms with Crippen molar-refractivity contribution < 1.29 is 21.6 Å². The van der Waals surface area contributed by atoms with Crippen LogP contribution in [0.25, 0.3) is 10.9 Å². The van der Waals surface area contributed by atoms with Crippen molar-refractivity contribution in [3.63, 3.8) is 0 Å². The molecule has 5 rings (SSSR count). The van der Waals surface area contributed by atoms with Crippen LogP contribution in [0.1, 0.15) is 6.42 Å². The molecule has 1 saturated heterocycles. The number of nitrogens with zero attached hydrogens (tertiary/aromatic N) is 2. The molecule has 1 aliphatic heterocycles. The Balaban J connectivity index is 1.47. The number of halogens is 1. The molecule has 37 heavy (non-hydrogen) atoms. The lowest BCUT2D eigenvalue weighted by molar-refractivity contribution is 0.239. The molecular formula is C26H26ClN3O5S2. The molecule has 1 aromatic heterocycles. The number of ether oxygens (including phenoxy) is 1. The summed E-state index contributed by atoms with van der Waals surface area (Å²) < 4.78 is 63.3. The van der Waals surface area contributed by atoms with Gasteiger partial charge < -0.3 is 10.1 Å². The Hall–Kier alpha value is -2.89. The topological polar surface area (TPSA) is 97.7 Å². The van der Waals surface area contributed by atoms with Gasteiger partial charge in [-0.2, -0.15) is 4.31 Å². The molecule has 2 heterocycles. The van der Waals surface area contributed by atoms with Crippen LogP contribution in [0.15, 0.2) is 94.9 Å². The summed E-state index contributed by atoms with van der Waals surface area (Å²) in [6.07, 6.45) is 0.585. The van der Waals surface area contributed by atoms with E-state index in [1.54, 1.807) is 30.3 Å². The summed E-state index contributed by atoms with van der Waals surface area (Å²) in [5.41, 5.74) is 0.245. The second-order valence-electron chi connectivity index (χ2n) is 8.73. The van der Waals surface area contributed by atoms with Gasteiger partial charge in [0.1, 0.15) is 5.75 Å². The lowest BCUT2D eigenvalue weighted by Crippen LogP contribution is -2.53. The van der Waals surface area contributed by atoms with E-state index in [-0.39, 0.29) is 34.6 Å². The van der Waals surface area contributed by atoms with Gasteiger partial charge in [0.2, 0.25) is 0 Å². The molecule has 0 amide bonds. The highest BCUT2D eigenvalue weighted by atomic mass is 35.5. The van der Waals surface area contributed by atoms with Crippen molar-refractivity contribution in [2.45, 2.75) is 22.4 Å². The van der Waals surface area contributed by atoms with Crippen LogP contribution in [0.5, 0.6) is 5.75 Å². The highest BCUT2D eigenvalue weighted by Gasteiger charge is 2.36. The Labute approximate surface area is 221 Å². The van der Waals surface area contributed by atoms with Crippen molar-refractivity contribution in [3.8, 4) is 5.75 Å². The van der Waals surface area contributed by atoms with E-state index in [1.807, 2.05) is 30.3 Å². The molecule has 8 nitrogen and oxygen atoms in total. The molecule has 0 aliphatic carbocycles. The Morgan fingerprint density at radius 3 is 2.32 bits per heavy atom. The molecule has 4 aromatic rings. The zero-order valence-electron chi connectivity index (χ0n) is 19.8. The molecule has 11 heteroatoms. The van der Waals surface area contributed by atoms with Gasteiger partial charge in [-0.25, -0.2) is 20.8 Å². The number of benzene rings is 3. The maximum Gasteiger partial charge on any atom is 0.269 e. The average molecular weight is 560 g/mol. The molecule has 0 bridgehead atoms. The number of hydrogen-bond donors (Lipinski definition) is 1. The van der Waals surface area contributed by atoms with Gasteiger partial charge in [-0.3, -0.25) is 0 Å². The maximum absolute atomic E-state index is 13.9. The van der Waals surface area contributed by atoms with Gasteiger partial charge in [-0.15, -0.1) is 0 Å². The van der Waals surface area contributed by atoms with Crippen LogP contribution in [0.3, 0.4) is 0 Å². The van der Waals surface area contributed by atoms with Gasteiger partial charge in [0.25, 0.3) is 20.0 Å². The zero-order valence-corrected chi connectivity index (χ0v) is 22.2. The van der Waals surface area contributed by atoms with E-state index >= 15 is 0 Å². The minimum Gasteiger partial charge on any atom is -0.494 e. The second kappa shape index (κ2) is 10.5. The third kappa shape index (κ3) is 5.25. The predicted octanol–water partition coefficient (Wildman–Crippen LogP) is 3.96. The summed E-state index contributed by atoms with van der Waals surface area (Å²) in [7, 11) is -8.39. The standard InChI is InChI=1S/C26H26ClN3O5S2/c27-21-11-12-25-20(17-21)18-26(30(25)36(31,32)24-9-5-2-6-10-24)37(33,34)29-15-14-28-22(19-29)13-16-35-23-7-3-1-4-8-23/h1-12,17-18,22,28H,13-16,19H2. The maximum atomic E-state index is 13.9. The van der Waals surface area contributed by atoms with Gasteiger partial charge in [-0.05, 0) is 55.0 Å². The van der Waals surface area contributed by atoms with Gasteiger partial charge in [0.05, 0.1) is 17.0 Å². The third-order valence-corrected chi connectivity index (χ3v) is 10.2. The number of rotatable bonds is 8. The van der Waals surface area contributed by atoms with Gasteiger partial charge in [-0.1, -0.05) is 48.0 Å². The molecule has 3 aromatic carbocycles. The molecule has 1 atom stereocenters. The lowest BCUT2D eigenvalue weighted by atomic mass is 10.2. The lowest BCUT2D eigenvalue weighted by Gasteiger charge is -2.33. The van der Waals surface area contributed by atoms with Crippen molar-refractivity contribution in [2.75, 3.05) is 26.2 Å². The van der Waals surface area contributed by atoms with E-state index in [1.165, 1.54) is 28.6 Å². The number of nitrogens with one attached hydrogen (secondary N) is 1. The normalized spacial score (nSPS) is 17.2. The molecule has 1 aliphatic rings. The van der Waals surface area contributed by atoms with E-state index in [0.717, 1.165) is 9.72 Å². The molecule has 194 valence electrons. The average Bonchev–Trinajstić information content (AvgIpc) is 3.30. The zero-order chi connectivity index (χ0) is 26.0. The van der Waals surface area contributed by atoms with Crippen molar-refractivity contribution in [2.24, 2.45) is 0 Å². The van der Waals surface area contributed by atoms with Gasteiger partial charge >= 0.3 is 0 Å². The fraction of sp³-hybridized carbons (Fsp3) is 0.231. The number of hydrogen-bond acceptors (Lipinski definition) is 6. The summed E-state index contributed by atoms with van der Waals surface area (Å²) in [5.74, 6) is 0.747. The van der Waals surface area contributed by atoms with Crippen molar-refractivity contribution >= 4 is 42.6 Å². The number of fused-ring (bicyclic) bond motifs is 1. The van der Waals surface area contributed by atoms with Crippen LogP contribution in [0.4, 0.5) is 0 Å². The smallest absolute Gasteiger partial charge is 0.269 e. The van der Waals surface area contributed by atoms with Crippen LogP contribution >= 0.6 is 11.6 Å². The van der Waals surface area contributed by atoms with Crippen LogP contribution < -0.4 is 10.1 Å². The Bertz CT molecular complexity index is 1610. The van der Waals surface area contributed by atoms with Crippen molar-refractivity contribution in [3.05, 3.63) is 90.0 Å². The van der Waals surface area contributed by atoms with Crippen molar-refractivity contribution in [1.82, 2.24) is 13.6 Å². The summed E-state index contributed by atoms with van der Waals surface area (Å²) in [6, 6.07) is 23.1. The van der Waals surface area contributed by atoms with E-state index in [4.69, 9.17) is 16.3 Å². The quantitative estimate of drug-likeness (QED) is 0.351. The minimum atomic E-state index is -4.21. The first kappa shape index (κ1) is 25.7. The SMILES string of the molecule is O=S(=O)(c1cc2cc(Cl)ccc2n1S(=O)(=O)c1ccccc1)N1CCNC(CCOc2ccccc2)C1. The van der Waals surface area contributed by atoms with Crippen LogP contribution in [-0.2, 0) is 20.0 Å². The highest BCUT2D eigenvalue weighted by molar-refractivity contribution is 7.92. The first-order valence-electron chi connectivity index (χ1n) is 11.8. The second-order valence-corrected chi connectivity index (χ2v) is 12.8. The Morgan fingerprint density at radius 1 is 0.892 bits per heavy atom. The van der Waals surface area contributed by atoms with Crippen LogP contribution in [0, 0.1) is 0 Å². The fourth-order valence-electron chi connectivity index (χ4n) is 4.44. The number of piperazine rings is 1. The molecule has 1 fully saturated rings. The largest absolute Gasteiger partial charge is 0.494 e. The highest BCUT2D eigenvalue weighted by Crippen LogP contribution is 2.32. The van der Waals surface area contributed by atoms with Crippen molar-refractivity contribution in [1.29, 1.82) is 0 Å². The van der Waals surface area contributed by atoms with E-state index in [2.05, 4.69) is 5.32 Å². The van der Waals surface area contributed by atoms with Gasteiger partial charge in [0.15, 0.2) is 5.03 Å². The Morgan fingerprint density at radius 2 is 1.59 bits per heavy atom. The summed E-state index contributed by atoms with van der Waals surface area (Å²) in [6.45, 7) is 1.25. The van der Waals surface area contributed by atoms with Gasteiger partial charge in [0, 0.05) is 36.1 Å². The molecule has 0 saturated carbocycles. The molecule has 0 spiro atoms. The number of aromatic nitrogens is 1. The monoisotopic (exact) mass is 559 g/mol.